The van der Waals surface area contributed by atoms with Crippen LogP contribution in [0.5, 0.6) is 0 Å². The Morgan fingerprint density at radius 3 is 2.64 bits per heavy atom. The normalized spacial score (nSPS) is 27.6. The van der Waals surface area contributed by atoms with Crippen LogP contribution in [-0.2, 0) is 16.0 Å². The van der Waals surface area contributed by atoms with E-state index in [1.54, 1.807) is 0 Å². The summed E-state index contributed by atoms with van der Waals surface area (Å²) >= 11 is 0. The number of benzene rings is 1. The summed E-state index contributed by atoms with van der Waals surface area (Å²) in [6.45, 7) is 6.43. The van der Waals surface area contributed by atoms with Crippen molar-refractivity contribution in [2.75, 3.05) is 26.7 Å². The predicted molar refractivity (Wildman–Crippen MR) is 98.7 cm³/mol. The van der Waals surface area contributed by atoms with Crippen molar-refractivity contribution in [1.82, 2.24) is 9.80 Å². The molecule has 0 aromatic heterocycles. The third-order valence-corrected chi connectivity index (χ3v) is 5.52. The molecule has 2 fully saturated rings. The fourth-order valence-corrected chi connectivity index (χ4v) is 3.77. The number of rotatable bonds is 3. The van der Waals surface area contributed by atoms with Gasteiger partial charge in [-0.3, -0.25) is 4.90 Å². The van der Waals surface area contributed by atoms with Crippen LogP contribution in [-0.4, -0.2) is 42.8 Å². The average molecular weight is 340 g/mol. The summed E-state index contributed by atoms with van der Waals surface area (Å²) in [5.74, 6) is 1.78. The van der Waals surface area contributed by atoms with E-state index in [0.29, 0.717) is 6.61 Å². The lowest BCUT2D eigenvalue weighted by Crippen LogP contribution is -2.40. The molecule has 4 rings (SSSR count). The lowest BCUT2D eigenvalue weighted by molar-refractivity contribution is -0.144. The molecule has 2 atom stereocenters. The maximum atomic E-state index is 6.26. The van der Waals surface area contributed by atoms with Gasteiger partial charge in [-0.05, 0) is 55.1 Å². The second kappa shape index (κ2) is 7.22. The number of hydrogen-bond acceptors (Lipinski definition) is 4. The Kier molecular flexibility index (Phi) is 4.82. The van der Waals surface area contributed by atoms with E-state index in [1.807, 2.05) is 30.3 Å². The summed E-state index contributed by atoms with van der Waals surface area (Å²) in [5.41, 5.74) is 2.58. The second-order valence-electron chi connectivity index (χ2n) is 7.56. The molecule has 134 valence electrons. The molecule has 0 bridgehead atoms. The summed E-state index contributed by atoms with van der Waals surface area (Å²) in [6.07, 6.45) is 8.52. The molecule has 0 N–H and O–H groups in total. The van der Waals surface area contributed by atoms with Gasteiger partial charge in [0.15, 0.2) is 6.23 Å². The molecule has 0 spiro atoms. The predicted octanol–water partition coefficient (Wildman–Crippen LogP) is 3.68. The Morgan fingerprint density at radius 2 is 1.88 bits per heavy atom. The number of likely N-dealkylation sites (tertiary alicyclic amines) is 1. The molecule has 25 heavy (non-hydrogen) atoms. The summed E-state index contributed by atoms with van der Waals surface area (Å²) in [5, 5.41) is 0. The van der Waals surface area contributed by atoms with Gasteiger partial charge in [0.25, 0.3) is 0 Å². The number of piperidine rings is 1. The van der Waals surface area contributed by atoms with Crippen molar-refractivity contribution in [2.45, 2.75) is 38.6 Å². The molecule has 1 unspecified atom stereocenters. The van der Waals surface area contributed by atoms with E-state index in [4.69, 9.17) is 9.47 Å². The Hall–Kier alpha value is -1.78. The zero-order valence-electron chi connectivity index (χ0n) is 15.2. The van der Waals surface area contributed by atoms with E-state index in [1.165, 1.54) is 37.1 Å². The minimum atomic E-state index is -0.112. The van der Waals surface area contributed by atoms with Crippen LogP contribution in [0, 0.1) is 5.92 Å². The molecule has 2 saturated heterocycles. The number of ether oxygens (including phenoxy) is 2. The standard InChI is InChI=1S/C21H28N2O2/c1-16-9-12-23(13-10-16)14-17-5-7-18(8-6-17)20-15-24-19-4-3-11-22(2)21(19)25-20/h3-8,11,16,20-21H,9-10,12-15H2,1-2H3/t20-,21?/m1/s1. The third-order valence-electron chi connectivity index (χ3n) is 5.52. The Balaban J connectivity index is 1.37. The first-order valence-electron chi connectivity index (χ1n) is 9.39. The second-order valence-corrected chi connectivity index (χ2v) is 7.56. The molecule has 4 nitrogen and oxygen atoms in total. The molecule has 1 aromatic carbocycles. The van der Waals surface area contributed by atoms with Gasteiger partial charge in [-0.15, -0.1) is 0 Å². The number of likely N-dealkylation sites (N-methyl/N-ethyl adjacent to an activating group) is 1. The van der Waals surface area contributed by atoms with Crippen LogP contribution in [0.3, 0.4) is 0 Å². The SMILES string of the molecule is CC1CCN(Cc2ccc([C@H]3COC4=CC=CN(C)C4O3)cc2)CC1. The maximum Gasteiger partial charge on any atom is 0.188 e. The molecule has 3 aliphatic heterocycles. The van der Waals surface area contributed by atoms with Gasteiger partial charge in [-0.25, -0.2) is 0 Å². The monoisotopic (exact) mass is 340 g/mol. The molecule has 0 saturated carbocycles. The topological polar surface area (TPSA) is 24.9 Å². The molecule has 3 aliphatic rings. The summed E-state index contributed by atoms with van der Waals surface area (Å²) in [6, 6.07) is 8.88. The van der Waals surface area contributed by atoms with Crippen molar-refractivity contribution in [3.8, 4) is 0 Å². The minimum Gasteiger partial charge on any atom is -0.490 e. The first-order chi connectivity index (χ1) is 12.2. The van der Waals surface area contributed by atoms with Crippen molar-refractivity contribution < 1.29 is 9.47 Å². The Morgan fingerprint density at radius 1 is 1.12 bits per heavy atom. The first kappa shape index (κ1) is 16.7. The smallest absolute Gasteiger partial charge is 0.188 e. The van der Waals surface area contributed by atoms with Crippen molar-refractivity contribution >= 4 is 0 Å². The molecule has 0 amide bonds. The Bertz CT molecular complexity index is 644. The average Bonchev–Trinajstić information content (AvgIpc) is 2.64. The van der Waals surface area contributed by atoms with Crippen LogP contribution in [0.2, 0.25) is 0 Å². The fraction of sp³-hybridized carbons (Fsp3) is 0.524. The van der Waals surface area contributed by atoms with E-state index in [2.05, 4.69) is 36.1 Å². The van der Waals surface area contributed by atoms with Crippen LogP contribution in [0.4, 0.5) is 0 Å². The van der Waals surface area contributed by atoms with E-state index >= 15 is 0 Å². The zero-order chi connectivity index (χ0) is 17.2. The number of allylic oxidation sites excluding steroid dienone is 2. The molecule has 0 aliphatic carbocycles. The highest BCUT2D eigenvalue weighted by Gasteiger charge is 2.32. The number of hydrogen-bond donors (Lipinski definition) is 0. The zero-order valence-corrected chi connectivity index (χ0v) is 15.2. The van der Waals surface area contributed by atoms with Gasteiger partial charge >= 0.3 is 0 Å². The quantitative estimate of drug-likeness (QED) is 0.838. The van der Waals surface area contributed by atoms with Gasteiger partial charge in [0.05, 0.1) is 0 Å². The van der Waals surface area contributed by atoms with Crippen molar-refractivity contribution in [3.05, 3.63) is 59.5 Å². The lowest BCUT2D eigenvalue weighted by Gasteiger charge is -2.38. The van der Waals surface area contributed by atoms with E-state index < -0.39 is 0 Å². The van der Waals surface area contributed by atoms with Crippen LogP contribution < -0.4 is 0 Å². The largest absolute Gasteiger partial charge is 0.490 e. The number of nitrogens with zero attached hydrogens (tertiary/aromatic N) is 2. The fourth-order valence-electron chi connectivity index (χ4n) is 3.77. The molecule has 3 heterocycles. The van der Waals surface area contributed by atoms with Crippen LogP contribution in [0.1, 0.15) is 37.0 Å². The molecule has 4 heteroatoms. The van der Waals surface area contributed by atoms with E-state index in [0.717, 1.165) is 18.2 Å². The van der Waals surface area contributed by atoms with Gasteiger partial charge in [0.2, 0.25) is 0 Å². The van der Waals surface area contributed by atoms with Crippen molar-refractivity contribution in [2.24, 2.45) is 5.92 Å². The minimum absolute atomic E-state index is 0.0130. The maximum absolute atomic E-state index is 6.26. The summed E-state index contributed by atoms with van der Waals surface area (Å²) in [7, 11) is 2.02. The van der Waals surface area contributed by atoms with Gasteiger partial charge in [0.1, 0.15) is 18.5 Å². The highest BCUT2D eigenvalue weighted by Crippen LogP contribution is 2.31. The number of fused-ring (bicyclic) bond motifs is 1. The highest BCUT2D eigenvalue weighted by molar-refractivity contribution is 5.26. The van der Waals surface area contributed by atoms with E-state index in [9.17, 15) is 0 Å². The van der Waals surface area contributed by atoms with E-state index in [-0.39, 0.29) is 12.3 Å². The third kappa shape index (κ3) is 3.75. The molecular weight excluding hydrogens is 312 g/mol. The van der Waals surface area contributed by atoms with Crippen molar-refractivity contribution in [1.29, 1.82) is 0 Å². The van der Waals surface area contributed by atoms with Crippen LogP contribution in [0.15, 0.2) is 48.4 Å². The van der Waals surface area contributed by atoms with Crippen LogP contribution >= 0.6 is 0 Å². The molecule has 0 radical (unpaired) electrons. The summed E-state index contributed by atoms with van der Waals surface area (Å²) in [4.78, 5) is 4.61. The van der Waals surface area contributed by atoms with Gasteiger partial charge < -0.3 is 14.4 Å². The van der Waals surface area contributed by atoms with Gasteiger partial charge in [-0.1, -0.05) is 31.2 Å². The Labute approximate surface area is 150 Å². The molecular formula is C21H28N2O2. The lowest BCUT2D eigenvalue weighted by atomic mass is 9.98. The first-order valence-corrected chi connectivity index (χ1v) is 9.39. The molecule has 1 aromatic rings. The van der Waals surface area contributed by atoms with Gasteiger partial charge in [0, 0.05) is 19.8 Å². The summed E-state index contributed by atoms with van der Waals surface area (Å²) < 4.78 is 12.2. The van der Waals surface area contributed by atoms with Crippen molar-refractivity contribution in [3.63, 3.8) is 0 Å². The van der Waals surface area contributed by atoms with Crippen LogP contribution in [0.25, 0.3) is 0 Å². The highest BCUT2D eigenvalue weighted by atomic mass is 16.6. The van der Waals surface area contributed by atoms with Gasteiger partial charge in [-0.2, -0.15) is 0 Å².